The van der Waals surface area contributed by atoms with E-state index in [0.717, 1.165) is 29.4 Å². The number of rotatable bonds is 6. The SMILES string of the molecule is Cc1c(C#N)c2nn(-c3ccc4nn(C)cc4c3)c(=O)c(-c3ccc(OC(F)F)cc3)c2n1CC1CC1. The van der Waals surface area contributed by atoms with Gasteiger partial charge in [0.15, 0.2) is 0 Å². The molecule has 3 aromatic heterocycles. The number of halogens is 2. The number of alkyl halides is 2. The van der Waals surface area contributed by atoms with Crippen molar-refractivity contribution in [3.8, 4) is 28.6 Å². The number of fused-ring (bicyclic) bond motifs is 2. The van der Waals surface area contributed by atoms with E-state index in [1.54, 1.807) is 22.9 Å². The molecule has 1 fully saturated rings. The van der Waals surface area contributed by atoms with Gasteiger partial charge >= 0.3 is 6.61 Å². The number of hydrogen-bond donors (Lipinski definition) is 0. The lowest BCUT2D eigenvalue weighted by atomic mass is 10.1. The van der Waals surface area contributed by atoms with E-state index in [4.69, 9.17) is 5.10 Å². The Hall–Kier alpha value is -4.52. The number of aromatic nitrogens is 5. The molecule has 1 aliphatic rings. The average molecular weight is 501 g/mol. The zero-order valence-electron chi connectivity index (χ0n) is 20.2. The lowest BCUT2D eigenvalue weighted by Crippen LogP contribution is -2.24. The van der Waals surface area contributed by atoms with Gasteiger partial charge in [-0.2, -0.15) is 28.9 Å². The molecule has 1 aliphatic carbocycles. The molecule has 0 bridgehead atoms. The Balaban J connectivity index is 1.65. The predicted molar refractivity (Wildman–Crippen MR) is 134 cm³/mol. The Morgan fingerprint density at radius 1 is 1.16 bits per heavy atom. The molecule has 0 spiro atoms. The summed E-state index contributed by atoms with van der Waals surface area (Å²) in [6, 6.07) is 13.7. The van der Waals surface area contributed by atoms with E-state index in [9.17, 15) is 18.8 Å². The van der Waals surface area contributed by atoms with Crippen LogP contribution in [0.4, 0.5) is 8.78 Å². The molecule has 0 N–H and O–H groups in total. The van der Waals surface area contributed by atoms with Gasteiger partial charge in [0.05, 0.1) is 22.3 Å². The summed E-state index contributed by atoms with van der Waals surface area (Å²) in [7, 11) is 1.82. The highest BCUT2D eigenvalue weighted by atomic mass is 19.3. The van der Waals surface area contributed by atoms with Gasteiger partial charge in [0.25, 0.3) is 5.56 Å². The number of nitrogens with zero attached hydrogens (tertiary/aromatic N) is 6. The van der Waals surface area contributed by atoms with Crippen molar-refractivity contribution in [1.29, 1.82) is 5.26 Å². The first-order valence-electron chi connectivity index (χ1n) is 11.9. The Morgan fingerprint density at radius 3 is 2.59 bits per heavy atom. The van der Waals surface area contributed by atoms with Crippen LogP contribution in [0.15, 0.2) is 53.5 Å². The smallest absolute Gasteiger partial charge is 0.387 e. The van der Waals surface area contributed by atoms with Gasteiger partial charge in [0.2, 0.25) is 0 Å². The predicted octanol–water partition coefficient (Wildman–Crippen LogP) is 4.93. The molecule has 8 nitrogen and oxygen atoms in total. The van der Waals surface area contributed by atoms with Crippen molar-refractivity contribution in [2.45, 2.75) is 32.9 Å². The van der Waals surface area contributed by atoms with E-state index in [1.165, 1.54) is 16.8 Å². The Bertz CT molecular complexity index is 1770. The number of aryl methyl sites for hydroxylation is 1. The highest BCUT2D eigenvalue weighted by Crippen LogP contribution is 2.37. The third-order valence-electron chi connectivity index (χ3n) is 6.81. The molecule has 5 aromatic rings. The second kappa shape index (κ2) is 8.55. The van der Waals surface area contributed by atoms with Crippen LogP contribution in [0.5, 0.6) is 5.75 Å². The largest absolute Gasteiger partial charge is 0.435 e. The molecule has 0 saturated heterocycles. The van der Waals surface area contributed by atoms with Crippen LogP contribution >= 0.6 is 0 Å². The average Bonchev–Trinajstić information content (AvgIpc) is 3.55. The fraction of sp³-hybridized carbons (Fsp3) is 0.259. The van der Waals surface area contributed by atoms with Crippen LogP contribution in [-0.4, -0.2) is 30.7 Å². The van der Waals surface area contributed by atoms with Gasteiger partial charge in [-0.3, -0.25) is 9.48 Å². The first kappa shape index (κ1) is 22.9. The van der Waals surface area contributed by atoms with Gasteiger partial charge in [-0.1, -0.05) is 12.1 Å². The fourth-order valence-corrected chi connectivity index (χ4v) is 4.85. The molecular formula is C27H22F2N6O2. The van der Waals surface area contributed by atoms with Crippen molar-refractivity contribution in [2.75, 3.05) is 0 Å². The first-order chi connectivity index (χ1) is 17.8. The zero-order chi connectivity index (χ0) is 25.8. The summed E-state index contributed by atoms with van der Waals surface area (Å²) in [5, 5.41) is 20.0. The monoisotopic (exact) mass is 500 g/mol. The second-order valence-electron chi connectivity index (χ2n) is 9.36. The van der Waals surface area contributed by atoms with Crippen LogP contribution in [0.2, 0.25) is 0 Å². The van der Waals surface area contributed by atoms with Crippen molar-refractivity contribution in [3.05, 3.63) is 70.3 Å². The van der Waals surface area contributed by atoms with Gasteiger partial charge < -0.3 is 9.30 Å². The van der Waals surface area contributed by atoms with Gasteiger partial charge in [0.1, 0.15) is 22.9 Å². The molecule has 0 radical (unpaired) electrons. The molecule has 10 heteroatoms. The van der Waals surface area contributed by atoms with Gasteiger partial charge in [-0.25, -0.2) is 0 Å². The lowest BCUT2D eigenvalue weighted by Gasteiger charge is -2.14. The molecule has 6 rings (SSSR count). The van der Waals surface area contributed by atoms with E-state index in [1.807, 2.05) is 36.9 Å². The van der Waals surface area contributed by atoms with E-state index in [0.29, 0.717) is 45.9 Å². The third-order valence-corrected chi connectivity index (χ3v) is 6.81. The second-order valence-corrected chi connectivity index (χ2v) is 9.36. The summed E-state index contributed by atoms with van der Waals surface area (Å²) in [5.41, 5.74) is 3.96. The van der Waals surface area contributed by atoms with E-state index in [2.05, 4.69) is 15.9 Å². The van der Waals surface area contributed by atoms with Crippen molar-refractivity contribution in [2.24, 2.45) is 13.0 Å². The molecule has 0 atom stereocenters. The molecule has 3 heterocycles. The topological polar surface area (TPSA) is 90.7 Å². The molecule has 0 unspecified atom stereocenters. The Morgan fingerprint density at radius 2 is 1.92 bits per heavy atom. The van der Waals surface area contributed by atoms with E-state index in [-0.39, 0.29) is 11.3 Å². The highest BCUT2D eigenvalue weighted by Gasteiger charge is 2.28. The van der Waals surface area contributed by atoms with Gasteiger partial charge in [0, 0.05) is 30.9 Å². The summed E-state index contributed by atoms with van der Waals surface area (Å²) in [5.74, 6) is 0.472. The normalized spacial score (nSPS) is 13.5. The van der Waals surface area contributed by atoms with E-state index >= 15 is 0 Å². The Kier molecular flexibility index (Phi) is 5.30. The van der Waals surface area contributed by atoms with Crippen LogP contribution in [0.25, 0.3) is 38.8 Å². The lowest BCUT2D eigenvalue weighted by molar-refractivity contribution is -0.0498. The minimum Gasteiger partial charge on any atom is -0.435 e. The minimum absolute atomic E-state index is 0.00587. The number of hydrogen-bond acceptors (Lipinski definition) is 5. The fourth-order valence-electron chi connectivity index (χ4n) is 4.85. The third kappa shape index (κ3) is 3.93. The van der Waals surface area contributed by atoms with Crippen LogP contribution in [0.3, 0.4) is 0 Å². The molecule has 186 valence electrons. The highest BCUT2D eigenvalue weighted by molar-refractivity contribution is 5.96. The molecule has 0 aliphatic heterocycles. The van der Waals surface area contributed by atoms with Crippen LogP contribution in [0, 0.1) is 24.2 Å². The minimum atomic E-state index is -2.95. The molecule has 1 saturated carbocycles. The number of ether oxygens (including phenoxy) is 1. The van der Waals surface area contributed by atoms with Crippen molar-refractivity contribution < 1.29 is 13.5 Å². The zero-order valence-corrected chi connectivity index (χ0v) is 20.2. The van der Waals surface area contributed by atoms with E-state index < -0.39 is 6.61 Å². The quantitative estimate of drug-likeness (QED) is 0.330. The molecule has 37 heavy (non-hydrogen) atoms. The Labute approximate surface area is 209 Å². The van der Waals surface area contributed by atoms with Crippen molar-refractivity contribution in [1.82, 2.24) is 24.1 Å². The maximum atomic E-state index is 14.1. The van der Waals surface area contributed by atoms with Crippen LogP contribution in [-0.2, 0) is 13.6 Å². The molecular weight excluding hydrogens is 478 g/mol. The summed E-state index contributed by atoms with van der Waals surface area (Å²) >= 11 is 0. The summed E-state index contributed by atoms with van der Waals surface area (Å²) in [6.07, 6.45) is 4.03. The van der Waals surface area contributed by atoms with Gasteiger partial charge in [-0.15, -0.1) is 0 Å². The molecule has 2 aromatic carbocycles. The van der Waals surface area contributed by atoms with Crippen molar-refractivity contribution >= 4 is 21.9 Å². The van der Waals surface area contributed by atoms with Crippen LogP contribution in [0.1, 0.15) is 24.1 Å². The summed E-state index contributed by atoms with van der Waals surface area (Å²) in [6.45, 7) is -0.409. The maximum absolute atomic E-state index is 14.1. The van der Waals surface area contributed by atoms with Gasteiger partial charge in [-0.05, 0) is 61.6 Å². The standard InChI is InChI=1S/C27H22F2N6O2/c1-15-21(12-30)24-25(34(15)13-16-3-4-16)23(17-5-8-20(9-6-17)37-27(28)29)26(36)35(32-24)19-7-10-22-18(11-19)14-33(2)31-22/h5-11,14,16,27H,3-4,13H2,1-2H3. The maximum Gasteiger partial charge on any atom is 0.387 e. The van der Waals surface area contributed by atoms with Crippen LogP contribution < -0.4 is 10.3 Å². The molecule has 0 amide bonds. The summed E-state index contributed by atoms with van der Waals surface area (Å²) in [4.78, 5) is 14.1. The number of benzene rings is 2. The first-order valence-corrected chi connectivity index (χ1v) is 11.9. The number of nitriles is 1. The summed E-state index contributed by atoms with van der Waals surface area (Å²) < 4.78 is 34.9. The van der Waals surface area contributed by atoms with Crippen molar-refractivity contribution in [3.63, 3.8) is 0 Å².